The molecule has 3 heteroatoms. The molecule has 2 aromatic rings. The van der Waals surface area contributed by atoms with Crippen LogP contribution in [0, 0.1) is 6.92 Å². The zero-order valence-corrected chi connectivity index (χ0v) is 17.6. The maximum absolute atomic E-state index is 12.4. The van der Waals surface area contributed by atoms with E-state index in [1.807, 2.05) is 6.92 Å². The molecule has 2 rings (SSSR count). The predicted octanol–water partition coefficient (Wildman–Crippen LogP) is 5.50. The first-order valence-corrected chi connectivity index (χ1v) is 9.91. The van der Waals surface area contributed by atoms with Gasteiger partial charge in [-0.25, -0.2) is 0 Å². The van der Waals surface area contributed by atoms with Crippen molar-refractivity contribution in [1.29, 1.82) is 0 Å². The lowest BCUT2D eigenvalue weighted by Crippen LogP contribution is -2.27. The van der Waals surface area contributed by atoms with Crippen LogP contribution in [-0.4, -0.2) is 13.0 Å². The van der Waals surface area contributed by atoms with E-state index >= 15 is 0 Å². The number of carbonyl (C=O) groups excluding carboxylic acids is 1. The van der Waals surface area contributed by atoms with Crippen LogP contribution in [0.5, 0.6) is 5.75 Å². The Kier molecular flexibility index (Phi) is 7.46. The van der Waals surface area contributed by atoms with Gasteiger partial charge in [0.05, 0.1) is 13.2 Å². The summed E-state index contributed by atoms with van der Waals surface area (Å²) in [5, 5.41) is 3.15. The molecule has 1 N–H and O–H groups in total. The van der Waals surface area contributed by atoms with E-state index in [0.29, 0.717) is 12.3 Å². The fraction of sp³-hybridized carbons (Fsp3) is 0.458. The van der Waals surface area contributed by atoms with Gasteiger partial charge < -0.3 is 10.1 Å². The van der Waals surface area contributed by atoms with Crippen LogP contribution in [0.25, 0.3) is 0 Å². The molecular weight excluding hydrogens is 334 g/mol. The van der Waals surface area contributed by atoms with Gasteiger partial charge in [0.25, 0.3) is 0 Å². The Hall–Kier alpha value is -2.29. The van der Waals surface area contributed by atoms with Gasteiger partial charge in [-0.05, 0) is 72.6 Å². The fourth-order valence-corrected chi connectivity index (χ4v) is 3.40. The van der Waals surface area contributed by atoms with Gasteiger partial charge in [-0.2, -0.15) is 0 Å². The molecule has 2 aromatic carbocycles. The number of benzene rings is 2. The van der Waals surface area contributed by atoms with Crippen molar-refractivity contribution in [3.63, 3.8) is 0 Å². The molecule has 0 fully saturated rings. The van der Waals surface area contributed by atoms with Crippen molar-refractivity contribution in [3.05, 3.63) is 64.2 Å². The number of hydrogen-bond donors (Lipinski definition) is 1. The summed E-state index contributed by atoms with van der Waals surface area (Å²) in [4.78, 5) is 12.4. The van der Waals surface area contributed by atoms with E-state index in [2.05, 4.69) is 69.4 Å². The number of methoxy groups -OCH3 is 1. The lowest BCUT2D eigenvalue weighted by Gasteiger charge is -2.21. The van der Waals surface area contributed by atoms with Gasteiger partial charge in [0, 0.05) is 6.42 Å². The summed E-state index contributed by atoms with van der Waals surface area (Å²) >= 11 is 0. The van der Waals surface area contributed by atoms with Crippen molar-refractivity contribution in [2.75, 3.05) is 7.11 Å². The highest BCUT2D eigenvalue weighted by Gasteiger charge is 2.16. The van der Waals surface area contributed by atoms with Crippen LogP contribution in [0.2, 0.25) is 0 Å². The molecule has 0 saturated carbocycles. The molecule has 0 saturated heterocycles. The molecule has 0 aromatic heterocycles. The van der Waals surface area contributed by atoms with Gasteiger partial charge in [0.15, 0.2) is 0 Å². The first-order valence-electron chi connectivity index (χ1n) is 9.91. The third kappa shape index (κ3) is 5.59. The predicted molar refractivity (Wildman–Crippen MR) is 113 cm³/mol. The van der Waals surface area contributed by atoms with E-state index in [1.165, 1.54) is 16.7 Å². The second-order valence-electron chi connectivity index (χ2n) is 7.56. The molecule has 0 heterocycles. The van der Waals surface area contributed by atoms with Gasteiger partial charge in [0.1, 0.15) is 5.75 Å². The van der Waals surface area contributed by atoms with Crippen molar-refractivity contribution in [1.82, 2.24) is 5.32 Å². The largest absolute Gasteiger partial charge is 0.496 e. The first-order chi connectivity index (χ1) is 12.8. The molecule has 3 nitrogen and oxygen atoms in total. The van der Waals surface area contributed by atoms with Crippen molar-refractivity contribution in [2.24, 2.45) is 0 Å². The second-order valence-corrected chi connectivity index (χ2v) is 7.56. The number of nitrogens with one attached hydrogen (secondary N) is 1. The number of hydrogen-bond acceptors (Lipinski definition) is 2. The number of carbonyl (C=O) groups is 1. The third-order valence-corrected chi connectivity index (χ3v) is 5.16. The molecule has 0 aliphatic rings. The number of ether oxygens (including phenoxy) is 1. The lowest BCUT2D eigenvalue weighted by molar-refractivity contribution is -0.121. The Morgan fingerprint density at radius 3 is 2.22 bits per heavy atom. The Bertz CT molecular complexity index is 763. The Morgan fingerprint density at radius 1 is 1.04 bits per heavy atom. The zero-order valence-electron chi connectivity index (χ0n) is 17.6. The number of aryl methyl sites for hydroxylation is 3. The maximum atomic E-state index is 12.4. The molecule has 1 atom stereocenters. The topological polar surface area (TPSA) is 38.3 Å². The summed E-state index contributed by atoms with van der Waals surface area (Å²) < 4.78 is 5.52. The molecule has 0 radical (unpaired) electrons. The van der Waals surface area contributed by atoms with Gasteiger partial charge in [-0.3, -0.25) is 4.79 Å². The van der Waals surface area contributed by atoms with Gasteiger partial charge in [0.2, 0.25) is 5.91 Å². The highest BCUT2D eigenvalue weighted by atomic mass is 16.5. The van der Waals surface area contributed by atoms with Crippen molar-refractivity contribution in [3.8, 4) is 5.75 Å². The van der Waals surface area contributed by atoms with Crippen LogP contribution in [0.4, 0.5) is 0 Å². The average Bonchev–Trinajstić information content (AvgIpc) is 2.66. The van der Waals surface area contributed by atoms with Crippen molar-refractivity contribution >= 4 is 5.91 Å². The van der Waals surface area contributed by atoms with Crippen molar-refractivity contribution < 1.29 is 9.53 Å². The number of amides is 1. The number of rotatable bonds is 8. The molecule has 27 heavy (non-hydrogen) atoms. The molecular formula is C24H33NO2. The van der Waals surface area contributed by atoms with E-state index in [9.17, 15) is 4.79 Å². The molecule has 0 bridgehead atoms. The molecule has 1 amide bonds. The molecule has 0 aliphatic carbocycles. The smallest absolute Gasteiger partial charge is 0.220 e. The van der Waals surface area contributed by atoms with E-state index in [4.69, 9.17) is 4.74 Å². The van der Waals surface area contributed by atoms with Crippen LogP contribution in [0.15, 0.2) is 36.4 Å². The highest BCUT2D eigenvalue weighted by molar-refractivity contribution is 5.76. The van der Waals surface area contributed by atoms with E-state index in [1.54, 1.807) is 7.11 Å². The quantitative estimate of drug-likeness (QED) is 0.669. The average molecular weight is 368 g/mol. The Labute approximate surface area is 164 Å². The maximum Gasteiger partial charge on any atom is 0.220 e. The summed E-state index contributed by atoms with van der Waals surface area (Å²) in [6.07, 6.45) is 2.31. The zero-order chi connectivity index (χ0) is 20.0. The Morgan fingerprint density at radius 2 is 1.67 bits per heavy atom. The van der Waals surface area contributed by atoms with Crippen LogP contribution >= 0.6 is 0 Å². The van der Waals surface area contributed by atoms with Crippen LogP contribution < -0.4 is 10.1 Å². The highest BCUT2D eigenvalue weighted by Crippen LogP contribution is 2.32. The van der Waals surface area contributed by atoms with Gasteiger partial charge >= 0.3 is 0 Å². The van der Waals surface area contributed by atoms with E-state index < -0.39 is 0 Å². The molecule has 0 unspecified atom stereocenters. The normalized spacial score (nSPS) is 12.1. The van der Waals surface area contributed by atoms with Crippen molar-refractivity contribution in [2.45, 2.75) is 65.8 Å². The van der Waals surface area contributed by atoms with Gasteiger partial charge in [-0.1, -0.05) is 45.0 Å². The standard InChI is InChI=1S/C24H33NO2/c1-7-19-8-10-20(11-9-19)12-13-24(26)25-18(5)22-15-21(16(2)3)23(27-6)14-17(22)4/h8-11,14-16,18H,7,12-13H2,1-6H3,(H,25,26)/t18-/m1/s1. The monoisotopic (exact) mass is 367 g/mol. The minimum atomic E-state index is -0.0247. The molecule has 146 valence electrons. The lowest BCUT2D eigenvalue weighted by atomic mass is 9.93. The fourth-order valence-electron chi connectivity index (χ4n) is 3.40. The first kappa shape index (κ1) is 21.0. The molecule has 0 spiro atoms. The van der Waals surface area contributed by atoms with Crippen LogP contribution in [0.3, 0.4) is 0 Å². The summed E-state index contributed by atoms with van der Waals surface area (Å²) in [6.45, 7) is 10.6. The third-order valence-electron chi connectivity index (χ3n) is 5.16. The van der Waals surface area contributed by atoms with E-state index in [0.717, 1.165) is 29.7 Å². The summed E-state index contributed by atoms with van der Waals surface area (Å²) in [6, 6.07) is 12.8. The van der Waals surface area contributed by atoms with Crippen LogP contribution in [-0.2, 0) is 17.6 Å². The molecule has 0 aliphatic heterocycles. The minimum absolute atomic E-state index is 0.0247. The van der Waals surface area contributed by atoms with E-state index in [-0.39, 0.29) is 11.9 Å². The summed E-state index contributed by atoms with van der Waals surface area (Å²) in [5.74, 6) is 1.37. The van der Waals surface area contributed by atoms with Gasteiger partial charge in [-0.15, -0.1) is 0 Å². The summed E-state index contributed by atoms with van der Waals surface area (Å²) in [5.41, 5.74) is 6.00. The SMILES string of the molecule is CCc1ccc(CCC(=O)N[C@H](C)c2cc(C(C)C)c(OC)cc2C)cc1. The van der Waals surface area contributed by atoms with Crippen LogP contribution in [0.1, 0.15) is 73.9 Å². The minimum Gasteiger partial charge on any atom is -0.496 e. The second kappa shape index (κ2) is 9.59. The Balaban J connectivity index is 2.01. The summed E-state index contributed by atoms with van der Waals surface area (Å²) in [7, 11) is 1.71.